The van der Waals surface area contributed by atoms with Crippen LogP contribution in [0.4, 0.5) is 0 Å². The minimum atomic E-state index is -4.55. The number of esters is 1. The van der Waals surface area contributed by atoms with Crippen LogP contribution in [0.3, 0.4) is 0 Å². The maximum atomic E-state index is 12.7. The molecule has 0 saturated heterocycles. The van der Waals surface area contributed by atoms with E-state index < -0.39 is 13.9 Å². The van der Waals surface area contributed by atoms with E-state index in [2.05, 4.69) is 111 Å². The Morgan fingerprint density at radius 1 is 0.544 bits per heavy atom. The summed E-state index contributed by atoms with van der Waals surface area (Å²) in [5, 5.41) is 0. The summed E-state index contributed by atoms with van der Waals surface area (Å²) in [5.41, 5.74) is 0. The lowest BCUT2D eigenvalue weighted by molar-refractivity contribution is -0.870. The number of likely N-dealkylation sites (N-methyl/N-ethyl adjacent to an activating group) is 1. The molecule has 0 radical (unpaired) electrons. The molecule has 2 atom stereocenters. The smallest absolute Gasteiger partial charge is 0.306 e. The summed E-state index contributed by atoms with van der Waals surface area (Å²) in [6.07, 6.45) is 54.4. The van der Waals surface area contributed by atoms with Crippen LogP contribution in [0, 0.1) is 0 Å². The van der Waals surface area contributed by atoms with Crippen LogP contribution in [-0.2, 0) is 27.9 Å². The van der Waals surface area contributed by atoms with E-state index in [0.29, 0.717) is 17.6 Å². The molecule has 0 fully saturated rings. The van der Waals surface area contributed by atoms with Crippen molar-refractivity contribution in [2.45, 2.75) is 148 Å². The number of nitrogens with zero attached hydrogens (tertiary/aromatic N) is 1. The number of quaternary nitrogens is 1. The molecule has 0 aliphatic carbocycles. The second kappa shape index (κ2) is 40.2. The van der Waals surface area contributed by atoms with Crippen molar-refractivity contribution in [2.75, 3.05) is 54.1 Å². The van der Waals surface area contributed by atoms with Gasteiger partial charge in [0.25, 0.3) is 7.82 Å². The number of hydrogen-bond donors (Lipinski definition) is 0. The summed E-state index contributed by atoms with van der Waals surface area (Å²) < 4.78 is 34.5. The molecule has 0 aromatic carbocycles. The molecule has 0 aliphatic heterocycles. The summed E-state index contributed by atoms with van der Waals surface area (Å²) in [7, 11) is 1.30. The molecule has 0 bridgehead atoms. The molecule has 2 unspecified atom stereocenters. The van der Waals surface area contributed by atoms with Crippen molar-refractivity contribution in [1.82, 2.24) is 0 Å². The van der Waals surface area contributed by atoms with Crippen LogP contribution >= 0.6 is 7.82 Å². The van der Waals surface area contributed by atoms with E-state index in [1.807, 2.05) is 21.1 Å². The number of unbranched alkanes of at least 4 members (excludes halogenated alkanes) is 9. The standard InChI is InChI=1S/C48H82NO7P/c1-6-8-10-12-14-16-18-20-22-23-24-25-26-27-28-29-31-33-35-37-39-41-48(50)56-47(46-55-57(51,52)54-44-42-49(3,4)5)45-53-43-40-38-36-34-32-30-21-19-17-15-13-11-9-7-2/h8-11,14-17,20-22,24-25,30,34,36,47H,6-7,12-13,18-19,23,26-29,31-33,35,37-46H2,1-5H3/b10-8-,11-9-,16-14-,17-15-,22-20-,25-24-,30-21-,36-34-. The summed E-state index contributed by atoms with van der Waals surface area (Å²) in [5.74, 6) is -0.366. The van der Waals surface area contributed by atoms with E-state index in [0.717, 1.165) is 96.3 Å². The van der Waals surface area contributed by atoms with Crippen molar-refractivity contribution in [3.05, 3.63) is 97.2 Å². The Balaban J connectivity index is 4.32. The van der Waals surface area contributed by atoms with E-state index in [1.165, 1.54) is 25.7 Å². The molecule has 0 heterocycles. The molecule has 57 heavy (non-hydrogen) atoms. The van der Waals surface area contributed by atoms with Crippen LogP contribution in [0.25, 0.3) is 0 Å². The number of phosphoric acid groups is 1. The Morgan fingerprint density at radius 2 is 0.965 bits per heavy atom. The van der Waals surface area contributed by atoms with Gasteiger partial charge in [0, 0.05) is 13.0 Å². The average molecular weight is 816 g/mol. The molecule has 0 aromatic rings. The number of rotatable bonds is 39. The highest BCUT2D eigenvalue weighted by Crippen LogP contribution is 2.38. The van der Waals surface area contributed by atoms with Crippen molar-refractivity contribution >= 4 is 13.8 Å². The highest BCUT2D eigenvalue weighted by Gasteiger charge is 2.20. The minimum absolute atomic E-state index is 0.00849. The number of phosphoric ester groups is 1. The van der Waals surface area contributed by atoms with Gasteiger partial charge in [0.1, 0.15) is 19.3 Å². The van der Waals surface area contributed by atoms with Gasteiger partial charge in [-0.15, -0.1) is 0 Å². The second-order valence-corrected chi connectivity index (χ2v) is 16.7. The highest BCUT2D eigenvalue weighted by molar-refractivity contribution is 7.45. The molecule has 0 aromatic heterocycles. The first-order valence-electron chi connectivity index (χ1n) is 22.0. The third kappa shape index (κ3) is 44.4. The van der Waals surface area contributed by atoms with E-state index >= 15 is 0 Å². The normalized spacial score (nSPS) is 14.7. The maximum absolute atomic E-state index is 12.7. The monoisotopic (exact) mass is 816 g/mol. The predicted octanol–water partition coefficient (Wildman–Crippen LogP) is 12.4. The van der Waals surface area contributed by atoms with Gasteiger partial charge in [0.15, 0.2) is 0 Å². The molecular formula is C48H82NO7P. The number of hydrogen-bond acceptors (Lipinski definition) is 7. The molecular weight excluding hydrogens is 734 g/mol. The quantitative estimate of drug-likeness (QED) is 0.0200. The molecule has 326 valence electrons. The Labute approximate surface area is 349 Å². The van der Waals surface area contributed by atoms with Gasteiger partial charge in [-0.05, 0) is 83.5 Å². The molecule has 0 saturated carbocycles. The van der Waals surface area contributed by atoms with Gasteiger partial charge >= 0.3 is 5.97 Å². The van der Waals surface area contributed by atoms with Gasteiger partial charge in [-0.25, -0.2) is 0 Å². The SMILES string of the molecule is CC/C=C\C/C=C\C/C=C\C/C=C\CCCCCCCCCCC(=O)OC(COCCC/C=C\C/C=C\C/C=C\C/C=C\CC)COP(=O)([O-])OCC[N+](C)(C)C. The fraction of sp³-hybridized carbons (Fsp3) is 0.646. The Morgan fingerprint density at radius 3 is 1.44 bits per heavy atom. The van der Waals surface area contributed by atoms with Gasteiger partial charge in [0.2, 0.25) is 0 Å². The van der Waals surface area contributed by atoms with Gasteiger partial charge in [-0.1, -0.05) is 150 Å². The van der Waals surface area contributed by atoms with Crippen molar-refractivity contribution in [1.29, 1.82) is 0 Å². The third-order valence-corrected chi connectivity index (χ3v) is 9.59. The molecule has 0 N–H and O–H groups in total. The average Bonchev–Trinajstić information content (AvgIpc) is 3.16. The van der Waals surface area contributed by atoms with E-state index in [4.69, 9.17) is 18.5 Å². The van der Waals surface area contributed by atoms with E-state index in [9.17, 15) is 14.3 Å². The molecule has 0 spiro atoms. The second-order valence-electron chi connectivity index (χ2n) is 15.3. The number of ether oxygens (including phenoxy) is 2. The summed E-state index contributed by atoms with van der Waals surface area (Å²) in [6, 6.07) is 0. The lowest BCUT2D eigenvalue weighted by Gasteiger charge is -2.28. The lowest BCUT2D eigenvalue weighted by Crippen LogP contribution is -2.37. The van der Waals surface area contributed by atoms with Gasteiger partial charge < -0.3 is 27.9 Å². The predicted molar refractivity (Wildman–Crippen MR) is 240 cm³/mol. The lowest BCUT2D eigenvalue weighted by atomic mass is 10.1. The zero-order valence-electron chi connectivity index (χ0n) is 36.7. The maximum Gasteiger partial charge on any atom is 0.306 e. The van der Waals surface area contributed by atoms with E-state index in [-0.39, 0.29) is 32.2 Å². The zero-order valence-corrected chi connectivity index (χ0v) is 37.6. The number of carbonyl (C=O) groups is 1. The Bertz CT molecular complexity index is 1230. The third-order valence-electron chi connectivity index (χ3n) is 8.63. The molecule has 0 amide bonds. The Hall–Kier alpha value is -2.58. The first kappa shape index (κ1) is 54.4. The van der Waals surface area contributed by atoms with Crippen LogP contribution in [0.1, 0.15) is 142 Å². The Kier molecular flexibility index (Phi) is 38.4. The van der Waals surface area contributed by atoms with Crippen molar-refractivity contribution < 1.29 is 37.3 Å². The summed E-state index contributed by atoms with van der Waals surface area (Å²) >= 11 is 0. The van der Waals surface area contributed by atoms with Crippen LogP contribution in [-0.4, -0.2) is 70.7 Å². The summed E-state index contributed by atoms with van der Waals surface area (Å²) in [6.45, 7) is 4.99. The van der Waals surface area contributed by atoms with Crippen LogP contribution < -0.4 is 4.89 Å². The van der Waals surface area contributed by atoms with E-state index in [1.54, 1.807) is 0 Å². The zero-order chi connectivity index (χ0) is 42.0. The molecule has 0 aliphatic rings. The van der Waals surface area contributed by atoms with Crippen LogP contribution in [0.2, 0.25) is 0 Å². The van der Waals surface area contributed by atoms with Crippen molar-refractivity contribution in [3.63, 3.8) is 0 Å². The molecule has 8 nitrogen and oxygen atoms in total. The number of allylic oxidation sites excluding steroid dienone is 16. The largest absolute Gasteiger partial charge is 0.756 e. The topological polar surface area (TPSA) is 94.1 Å². The van der Waals surface area contributed by atoms with Crippen LogP contribution in [0.15, 0.2) is 97.2 Å². The highest BCUT2D eigenvalue weighted by atomic mass is 31.2. The van der Waals surface area contributed by atoms with Gasteiger partial charge in [-0.3, -0.25) is 9.36 Å². The van der Waals surface area contributed by atoms with Gasteiger partial charge in [0.05, 0.1) is 34.4 Å². The molecule has 0 rings (SSSR count). The molecule has 9 heteroatoms. The van der Waals surface area contributed by atoms with Gasteiger partial charge in [-0.2, -0.15) is 0 Å². The first-order chi connectivity index (χ1) is 27.6. The first-order valence-corrected chi connectivity index (χ1v) is 23.4. The van der Waals surface area contributed by atoms with Crippen LogP contribution in [0.5, 0.6) is 0 Å². The fourth-order valence-electron chi connectivity index (χ4n) is 5.30. The minimum Gasteiger partial charge on any atom is -0.756 e. The van der Waals surface area contributed by atoms with Crippen molar-refractivity contribution in [3.8, 4) is 0 Å². The fourth-order valence-corrected chi connectivity index (χ4v) is 6.03. The number of carbonyl (C=O) groups excluding carboxylic acids is 1. The summed E-state index contributed by atoms with van der Waals surface area (Å²) in [4.78, 5) is 25.1. The van der Waals surface area contributed by atoms with Crippen molar-refractivity contribution in [2.24, 2.45) is 0 Å².